The first kappa shape index (κ1) is 12.2. The number of hydrogen-bond acceptors (Lipinski definition) is 6. The summed E-state index contributed by atoms with van der Waals surface area (Å²) in [6.45, 7) is 0. The van der Waals surface area contributed by atoms with Crippen molar-refractivity contribution in [3.8, 4) is 11.4 Å². The fraction of sp³-hybridized carbons (Fsp3) is 0. The summed E-state index contributed by atoms with van der Waals surface area (Å²) in [6.07, 6.45) is 3.62. The highest BCUT2D eigenvalue weighted by Gasteiger charge is 2.00. The van der Waals surface area contributed by atoms with E-state index in [0.717, 1.165) is 5.56 Å². The predicted molar refractivity (Wildman–Crippen MR) is 48.5 cm³/mol. The van der Waals surface area contributed by atoms with E-state index in [-0.39, 0.29) is 0 Å². The van der Waals surface area contributed by atoms with Crippen LogP contribution in [0.3, 0.4) is 0 Å². The summed E-state index contributed by atoms with van der Waals surface area (Å²) < 4.78 is 32.8. The number of aromatic nitrogens is 5. The van der Waals surface area contributed by atoms with E-state index in [1.807, 2.05) is 24.5 Å². The largest absolute Gasteiger partial charge is 0.726 e. The van der Waals surface area contributed by atoms with E-state index in [9.17, 15) is 0 Å². The molecule has 0 radical (unpaired) electrons. The van der Waals surface area contributed by atoms with Crippen LogP contribution in [0.2, 0.25) is 0 Å². The van der Waals surface area contributed by atoms with E-state index in [4.69, 9.17) is 17.5 Å². The number of hydrogen-bond donors (Lipinski definition) is 2. The molecule has 16 heavy (non-hydrogen) atoms. The van der Waals surface area contributed by atoms with Crippen LogP contribution in [-0.2, 0) is 10.4 Å². The molecule has 2 aromatic rings. The Labute approximate surface area is 90.1 Å². The van der Waals surface area contributed by atoms with Gasteiger partial charge in [0.1, 0.15) is 0 Å². The number of pyridine rings is 1. The first-order valence-corrected chi connectivity index (χ1v) is 5.21. The van der Waals surface area contributed by atoms with Gasteiger partial charge in [0.2, 0.25) is 16.2 Å². The summed E-state index contributed by atoms with van der Waals surface area (Å²) in [6, 6.07) is 3.76. The van der Waals surface area contributed by atoms with Crippen molar-refractivity contribution in [2.75, 3.05) is 0 Å². The summed E-state index contributed by atoms with van der Waals surface area (Å²) in [5.74, 6) is 0.610. The molecule has 3 N–H and O–H groups in total. The summed E-state index contributed by atoms with van der Waals surface area (Å²) >= 11 is 0. The second-order valence-electron chi connectivity index (χ2n) is 2.45. The lowest BCUT2D eigenvalue weighted by Crippen LogP contribution is -1.97. The zero-order valence-electron chi connectivity index (χ0n) is 7.73. The standard InChI is InChI=1S/C6H5N5.H2O4S/c1-3-7-4-2-5(1)6-8-10-11-9-6;1-5(2,3)4/h1-4H,(H,8,9,10,11);(H2,1,2,3,4). The molecule has 0 aromatic carbocycles. The van der Waals surface area contributed by atoms with Gasteiger partial charge in [-0.15, -0.1) is 10.2 Å². The molecule has 0 aliphatic carbocycles. The molecule has 0 saturated heterocycles. The molecule has 0 bridgehead atoms. The van der Waals surface area contributed by atoms with Crippen molar-refractivity contribution in [2.45, 2.75) is 0 Å². The van der Waals surface area contributed by atoms with Gasteiger partial charge in [-0.2, -0.15) is 5.21 Å². The number of nitrogens with zero attached hydrogens (tertiary/aromatic N) is 3. The molecule has 0 unspecified atom stereocenters. The molecule has 0 saturated carbocycles. The van der Waals surface area contributed by atoms with Crippen molar-refractivity contribution in [3.05, 3.63) is 24.5 Å². The van der Waals surface area contributed by atoms with Gasteiger partial charge in [0, 0.05) is 17.7 Å². The van der Waals surface area contributed by atoms with Gasteiger partial charge in [0.05, 0.1) is 0 Å². The van der Waals surface area contributed by atoms with Crippen LogP contribution < -0.4 is 4.98 Å². The van der Waals surface area contributed by atoms with Gasteiger partial charge in [0.15, 0.2) is 12.4 Å². The highest BCUT2D eigenvalue weighted by molar-refractivity contribution is 7.79. The summed E-state index contributed by atoms with van der Waals surface area (Å²) in [5, 5.41) is 13.5. The van der Waals surface area contributed by atoms with E-state index in [1.165, 1.54) is 0 Å². The molecule has 0 aliphatic heterocycles. The van der Waals surface area contributed by atoms with Crippen LogP contribution >= 0.6 is 0 Å². The van der Waals surface area contributed by atoms with Gasteiger partial charge in [-0.3, -0.25) is 4.55 Å². The zero-order chi connectivity index (χ0) is 12.0. The Balaban J connectivity index is 0.000000221. The third-order valence-electron chi connectivity index (χ3n) is 1.32. The van der Waals surface area contributed by atoms with Gasteiger partial charge in [-0.1, -0.05) is 0 Å². The normalized spacial score (nSPS) is 10.4. The molecule has 10 heteroatoms. The first-order valence-electron chi connectivity index (χ1n) is 3.85. The Bertz CT molecular complexity index is 503. The fourth-order valence-electron chi connectivity index (χ4n) is 0.820. The maximum Gasteiger partial charge on any atom is 0.215 e. The molecule has 2 rings (SSSR count). The second-order valence-corrected chi connectivity index (χ2v) is 3.31. The molecule has 2 heterocycles. The minimum absolute atomic E-state index is 0.610. The van der Waals surface area contributed by atoms with Gasteiger partial charge >= 0.3 is 0 Å². The minimum atomic E-state index is -4.92. The van der Waals surface area contributed by atoms with Gasteiger partial charge < -0.3 is 4.55 Å². The SMILES string of the molecule is O=S(=O)([O-])O.c1cc(-c2nn[nH]n2)cc[nH+]1. The Hall–Kier alpha value is -1.91. The third-order valence-corrected chi connectivity index (χ3v) is 1.32. The third kappa shape index (κ3) is 5.09. The maximum atomic E-state index is 8.63. The van der Waals surface area contributed by atoms with Gasteiger partial charge in [-0.25, -0.2) is 13.4 Å². The Morgan fingerprint density at radius 1 is 1.38 bits per heavy atom. The van der Waals surface area contributed by atoms with Gasteiger partial charge in [0.25, 0.3) is 0 Å². The summed E-state index contributed by atoms with van der Waals surface area (Å²) in [7, 11) is -4.92. The minimum Gasteiger partial charge on any atom is -0.726 e. The quantitative estimate of drug-likeness (QED) is 0.468. The van der Waals surface area contributed by atoms with Crippen molar-refractivity contribution < 1.29 is 22.5 Å². The molecule has 9 nitrogen and oxygen atoms in total. The van der Waals surface area contributed by atoms with Crippen molar-refractivity contribution in [1.82, 2.24) is 20.6 Å². The monoisotopic (exact) mass is 245 g/mol. The number of rotatable bonds is 1. The van der Waals surface area contributed by atoms with E-state index in [2.05, 4.69) is 25.6 Å². The van der Waals surface area contributed by atoms with Crippen molar-refractivity contribution >= 4 is 10.4 Å². The lowest BCUT2D eigenvalue weighted by atomic mass is 10.3. The highest BCUT2D eigenvalue weighted by Crippen LogP contribution is 2.08. The zero-order valence-corrected chi connectivity index (χ0v) is 8.55. The molecule has 0 aliphatic rings. The van der Waals surface area contributed by atoms with E-state index in [0.29, 0.717) is 5.82 Å². The van der Waals surface area contributed by atoms with Crippen LogP contribution in [0, 0.1) is 0 Å². The molecule has 0 atom stereocenters. The Kier molecular flexibility index (Phi) is 3.99. The lowest BCUT2D eigenvalue weighted by molar-refractivity contribution is -0.377. The molecule has 86 valence electrons. The predicted octanol–water partition coefficient (Wildman–Crippen LogP) is -1.31. The van der Waals surface area contributed by atoms with Crippen LogP contribution in [0.15, 0.2) is 24.5 Å². The van der Waals surface area contributed by atoms with Crippen molar-refractivity contribution in [2.24, 2.45) is 0 Å². The van der Waals surface area contributed by atoms with Gasteiger partial charge in [-0.05, 0) is 5.21 Å². The Morgan fingerprint density at radius 3 is 2.38 bits per heavy atom. The van der Waals surface area contributed by atoms with Crippen LogP contribution in [0.25, 0.3) is 11.4 Å². The average molecular weight is 245 g/mol. The Morgan fingerprint density at radius 2 is 1.94 bits per heavy atom. The van der Waals surface area contributed by atoms with Crippen molar-refractivity contribution in [1.29, 1.82) is 0 Å². The molecule has 0 amide bonds. The van der Waals surface area contributed by atoms with Crippen molar-refractivity contribution in [3.63, 3.8) is 0 Å². The topological polar surface area (TPSA) is 146 Å². The molecule has 2 aromatic heterocycles. The maximum absolute atomic E-state index is 8.63. The van der Waals surface area contributed by atoms with Crippen LogP contribution in [-0.4, -0.2) is 38.1 Å². The number of aromatic amines is 2. The number of tetrazole rings is 1. The van der Waals surface area contributed by atoms with E-state index < -0.39 is 10.4 Å². The first-order chi connectivity index (χ1) is 7.47. The fourth-order valence-corrected chi connectivity index (χ4v) is 0.820. The molecular weight excluding hydrogens is 238 g/mol. The van der Waals surface area contributed by atoms with E-state index in [1.54, 1.807) is 0 Å². The number of H-pyrrole nitrogens is 2. The molecule has 0 fully saturated rings. The molecular formula is C6H7N5O4S. The highest BCUT2D eigenvalue weighted by atomic mass is 32.3. The summed E-state index contributed by atoms with van der Waals surface area (Å²) in [5.41, 5.74) is 0.942. The summed E-state index contributed by atoms with van der Waals surface area (Å²) in [4.78, 5) is 2.91. The van der Waals surface area contributed by atoms with Crippen LogP contribution in [0.5, 0.6) is 0 Å². The van der Waals surface area contributed by atoms with Crippen LogP contribution in [0.1, 0.15) is 0 Å². The molecule has 0 spiro atoms. The van der Waals surface area contributed by atoms with E-state index >= 15 is 0 Å². The smallest absolute Gasteiger partial charge is 0.215 e. The average Bonchev–Trinajstić information content (AvgIpc) is 2.69. The second kappa shape index (κ2) is 5.25. The number of nitrogens with one attached hydrogen (secondary N) is 2. The lowest BCUT2D eigenvalue weighted by Gasteiger charge is -1.88. The van der Waals surface area contributed by atoms with Crippen LogP contribution in [0.4, 0.5) is 0 Å².